The number of sulfonamides is 1. The summed E-state index contributed by atoms with van der Waals surface area (Å²) in [5, 5.41) is 4.04. The smallest absolute Gasteiger partial charge is 0.322 e. The zero-order chi connectivity index (χ0) is 23.6. The van der Waals surface area contributed by atoms with Gasteiger partial charge in [0, 0.05) is 44.2 Å². The van der Waals surface area contributed by atoms with Gasteiger partial charge >= 0.3 is 6.03 Å². The number of piperazine rings is 1. The molecular formula is C21H28ClN5O5S. The van der Waals surface area contributed by atoms with Crippen molar-refractivity contribution < 1.29 is 22.8 Å². The minimum absolute atomic E-state index is 0.0913. The molecule has 1 aromatic rings. The number of halogens is 1. The third-order valence-electron chi connectivity index (χ3n) is 6.54. The molecule has 1 saturated carbocycles. The second-order valence-electron chi connectivity index (χ2n) is 8.70. The maximum absolute atomic E-state index is 12.8. The van der Waals surface area contributed by atoms with Gasteiger partial charge in [0.15, 0.2) is 0 Å². The average molecular weight is 498 g/mol. The molecule has 1 spiro atoms. The zero-order valence-corrected chi connectivity index (χ0v) is 19.8. The third kappa shape index (κ3) is 5.01. The number of imide groups is 1. The maximum Gasteiger partial charge on any atom is 0.344 e. The van der Waals surface area contributed by atoms with Crippen LogP contribution in [0.1, 0.15) is 38.5 Å². The maximum atomic E-state index is 12.8. The van der Waals surface area contributed by atoms with Crippen molar-refractivity contribution in [2.24, 2.45) is 0 Å². The van der Waals surface area contributed by atoms with Crippen LogP contribution in [0.2, 0.25) is 5.02 Å². The Kier molecular flexibility index (Phi) is 6.94. The van der Waals surface area contributed by atoms with Gasteiger partial charge < -0.3 is 10.2 Å². The van der Waals surface area contributed by atoms with Gasteiger partial charge in [0.25, 0.3) is 5.91 Å². The van der Waals surface area contributed by atoms with Crippen molar-refractivity contribution in [1.29, 1.82) is 0 Å². The summed E-state index contributed by atoms with van der Waals surface area (Å²) in [6.45, 7) is 1.97. The van der Waals surface area contributed by atoms with Crippen molar-refractivity contribution in [3.05, 3.63) is 29.3 Å². The molecule has 1 aliphatic carbocycles. The van der Waals surface area contributed by atoms with E-state index < -0.39 is 27.5 Å². The Morgan fingerprint density at radius 2 is 1.67 bits per heavy atom. The normalized spacial score (nSPS) is 21.9. The lowest BCUT2D eigenvalue weighted by molar-refractivity contribution is -0.140. The highest BCUT2D eigenvalue weighted by Gasteiger charge is 2.52. The van der Waals surface area contributed by atoms with E-state index >= 15 is 0 Å². The molecule has 3 fully saturated rings. The second kappa shape index (κ2) is 9.57. The van der Waals surface area contributed by atoms with Gasteiger partial charge in [-0.1, -0.05) is 30.9 Å². The number of amides is 4. The van der Waals surface area contributed by atoms with Crippen molar-refractivity contribution in [2.45, 2.75) is 49.0 Å². The standard InChI is InChI=1S/C21H28ClN5O5S/c22-16-4-6-17(7-5-16)33(31,32)26-14-12-25(13-15-26)11-8-18(28)24-27-19(29)21(23-20(27)30)9-2-1-3-10-21/h4-7H,1-3,8-15H2,(H,23,30)(H,24,28). The van der Waals surface area contributed by atoms with E-state index in [1.807, 2.05) is 4.90 Å². The van der Waals surface area contributed by atoms with Gasteiger partial charge in [-0.05, 0) is 37.1 Å². The first-order valence-electron chi connectivity index (χ1n) is 11.2. The van der Waals surface area contributed by atoms with Crippen LogP contribution < -0.4 is 10.7 Å². The number of hydrazine groups is 1. The van der Waals surface area contributed by atoms with E-state index in [4.69, 9.17) is 11.6 Å². The highest BCUT2D eigenvalue weighted by atomic mass is 35.5. The van der Waals surface area contributed by atoms with Gasteiger partial charge in [-0.25, -0.2) is 13.2 Å². The summed E-state index contributed by atoms with van der Waals surface area (Å²) in [6, 6.07) is 5.48. The third-order valence-corrected chi connectivity index (χ3v) is 8.71. The Bertz CT molecular complexity index is 1020. The van der Waals surface area contributed by atoms with Crippen LogP contribution in [-0.4, -0.2) is 78.7 Å². The second-order valence-corrected chi connectivity index (χ2v) is 11.1. The molecule has 2 aliphatic heterocycles. The Labute approximate surface area is 198 Å². The molecule has 4 rings (SSSR count). The van der Waals surface area contributed by atoms with Gasteiger partial charge in [0.1, 0.15) is 5.54 Å². The Hall–Kier alpha value is -2.21. The topological polar surface area (TPSA) is 119 Å². The van der Waals surface area contributed by atoms with Gasteiger partial charge in [-0.15, -0.1) is 0 Å². The van der Waals surface area contributed by atoms with E-state index in [0.29, 0.717) is 50.6 Å². The Morgan fingerprint density at radius 1 is 1.03 bits per heavy atom. The molecule has 0 bridgehead atoms. The first kappa shape index (κ1) is 23.9. The van der Waals surface area contributed by atoms with E-state index in [-0.39, 0.29) is 17.2 Å². The molecule has 1 aromatic carbocycles. The molecule has 2 N–H and O–H groups in total. The number of hydrogen-bond donors (Lipinski definition) is 2. The lowest BCUT2D eigenvalue weighted by atomic mass is 9.82. The summed E-state index contributed by atoms with van der Waals surface area (Å²) in [4.78, 5) is 39.6. The van der Waals surface area contributed by atoms with Crippen LogP contribution in [0.15, 0.2) is 29.2 Å². The van der Waals surface area contributed by atoms with Crippen LogP contribution in [0.5, 0.6) is 0 Å². The van der Waals surface area contributed by atoms with Crippen LogP contribution in [0, 0.1) is 0 Å². The largest absolute Gasteiger partial charge is 0.344 e. The molecule has 2 saturated heterocycles. The molecule has 0 radical (unpaired) electrons. The molecule has 0 atom stereocenters. The summed E-state index contributed by atoms with van der Waals surface area (Å²) >= 11 is 5.84. The number of nitrogens with one attached hydrogen (secondary N) is 2. The first-order chi connectivity index (χ1) is 15.7. The van der Waals surface area contributed by atoms with Crippen LogP contribution in [0.3, 0.4) is 0 Å². The van der Waals surface area contributed by atoms with E-state index in [1.54, 1.807) is 12.1 Å². The Morgan fingerprint density at radius 3 is 2.30 bits per heavy atom. The summed E-state index contributed by atoms with van der Waals surface area (Å²) in [5.41, 5.74) is 1.56. The van der Waals surface area contributed by atoms with E-state index in [2.05, 4.69) is 10.7 Å². The van der Waals surface area contributed by atoms with E-state index in [1.165, 1.54) is 16.4 Å². The molecule has 3 aliphatic rings. The predicted octanol–water partition coefficient (Wildman–Crippen LogP) is 1.32. The highest BCUT2D eigenvalue weighted by molar-refractivity contribution is 7.89. The van der Waals surface area contributed by atoms with Gasteiger partial charge in [-0.2, -0.15) is 9.31 Å². The fraction of sp³-hybridized carbons (Fsp3) is 0.571. The molecule has 0 aromatic heterocycles. The number of rotatable bonds is 6. The number of hydrogen-bond acceptors (Lipinski definition) is 6. The number of benzene rings is 1. The summed E-state index contributed by atoms with van der Waals surface area (Å²) in [7, 11) is -3.60. The van der Waals surface area contributed by atoms with Crippen molar-refractivity contribution in [2.75, 3.05) is 32.7 Å². The van der Waals surface area contributed by atoms with Crippen LogP contribution >= 0.6 is 11.6 Å². The molecule has 12 heteroatoms. The van der Waals surface area contributed by atoms with E-state index in [0.717, 1.165) is 24.3 Å². The fourth-order valence-electron chi connectivity index (χ4n) is 4.61. The van der Waals surface area contributed by atoms with Crippen LogP contribution in [0.4, 0.5) is 4.79 Å². The number of carbonyl (C=O) groups is 3. The van der Waals surface area contributed by atoms with Crippen molar-refractivity contribution in [1.82, 2.24) is 25.0 Å². The lowest BCUT2D eigenvalue weighted by Crippen LogP contribution is -2.52. The van der Waals surface area contributed by atoms with Crippen molar-refractivity contribution in [3.63, 3.8) is 0 Å². The average Bonchev–Trinajstić information content (AvgIpc) is 3.02. The van der Waals surface area contributed by atoms with E-state index in [9.17, 15) is 22.8 Å². The SMILES string of the molecule is O=C(CCN1CCN(S(=O)(=O)c2ccc(Cl)cc2)CC1)NN1C(=O)NC2(CCCCC2)C1=O. The predicted molar refractivity (Wildman–Crippen MR) is 121 cm³/mol. The van der Waals surface area contributed by atoms with Gasteiger partial charge in [-0.3, -0.25) is 15.0 Å². The summed E-state index contributed by atoms with van der Waals surface area (Å²) in [5.74, 6) is -0.816. The molecule has 33 heavy (non-hydrogen) atoms. The van der Waals surface area contributed by atoms with Crippen LogP contribution in [0.25, 0.3) is 0 Å². The minimum Gasteiger partial charge on any atom is -0.322 e. The monoisotopic (exact) mass is 497 g/mol. The Balaban J connectivity index is 1.24. The fourth-order valence-corrected chi connectivity index (χ4v) is 6.15. The molecule has 4 amide bonds. The summed E-state index contributed by atoms with van der Waals surface area (Å²) < 4.78 is 27.0. The molecule has 0 unspecified atom stereocenters. The number of urea groups is 1. The van der Waals surface area contributed by atoms with Crippen LogP contribution in [-0.2, 0) is 19.6 Å². The highest BCUT2D eigenvalue weighted by Crippen LogP contribution is 2.33. The number of nitrogens with zero attached hydrogens (tertiary/aromatic N) is 3. The zero-order valence-electron chi connectivity index (χ0n) is 18.3. The first-order valence-corrected chi connectivity index (χ1v) is 13.0. The molecular weight excluding hydrogens is 470 g/mol. The molecule has 180 valence electrons. The number of carbonyl (C=O) groups excluding carboxylic acids is 3. The summed E-state index contributed by atoms with van der Waals surface area (Å²) in [6.07, 6.45) is 4.04. The van der Waals surface area contributed by atoms with Gasteiger partial charge in [0.05, 0.1) is 4.90 Å². The van der Waals surface area contributed by atoms with Crippen molar-refractivity contribution >= 4 is 39.5 Å². The quantitative estimate of drug-likeness (QED) is 0.572. The van der Waals surface area contributed by atoms with Crippen molar-refractivity contribution in [3.8, 4) is 0 Å². The molecule has 2 heterocycles. The van der Waals surface area contributed by atoms with Gasteiger partial charge in [0.2, 0.25) is 15.9 Å². The minimum atomic E-state index is -3.60. The lowest BCUT2D eigenvalue weighted by Gasteiger charge is -2.34. The molecule has 10 nitrogen and oxygen atoms in total.